The van der Waals surface area contributed by atoms with Crippen molar-refractivity contribution in [3.8, 4) is 11.5 Å². The zero-order valence-electron chi connectivity index (χ0n) is 15.9. The first-order valence-corrected chi connectivity index (χ1v) is 9.32. The Labute approximate surface area is 170 Å². The molecule has 0 aliphatic carbocycles. The van der Waals surface area contributed by atoms with Gasteiger partial charge in [0.1, 0.15) is 18.1 Å². The first-order chi connectivity index (χ1) is 13.6. The van der Waals surface area contributed by atoms with Crippen molar-refractivity contribution in [2.45, 2.75) is 20.1 Å². The largest absolute Gasteiger partial charge is 0.496 e. The molecule has 0 unspecified atom stereocenters. The first-order valence-electron chi connectivity index (χ1n) is 8.95. The van der Waals surface area contributed by atoms with Gasteiger partial charge in [0.2, 0.25) is 0 Å². The van der Waals surface area contributed by atoms with E-state index >= 15 is 0 Å². The Morgan fingerprint density at radius 1 is 1.00 bits per heavy atom. The fourth-order valence-electron chi connectivity index (χ4n) is 2.74. The van der Waals surface area contributed by atoms with Crippen LogP contribution in [0.25, 0.3) is 0 Å². The summed E-state index contributed by atoms with van der Waals surface area (Å²) in [6.45, 7) is 2.74. The summed E-state index contributed by atoms with van der Waals surface area (Å²) in [4.78, 5) is 12.6. The van der Waals surface area contributed by atoms with Gasteiger partial charge >= 0.3 is 0 Å². The van der Waals surface area contributed by atoms with E-state index in [1.807, 2.05) is 43.3 Å². The van der Waals surface area contributed by atoms with Gasteiger partial charge in [0.15, 0.2) is 0 Å². The molecule has 0 aliphatic rings. The molecule has 0 heterocycles. The van der Waals surface area contributed by atoms with Crippen molar-refractivity contribution < 1.29 is 14.3 Å². The van der Waals surface area contributed by atoms with E-state index in [-0.39, 0.29) is 12.5 Å². The number of methoxy groups -OCH3 is 1. The molecule has 28 heavy (non-hydrogen) atoms. The Balaban J connectivity index is 1.69. The van der Waals surface area contributed by atoms with Gasteiger partial charge in [-0.25, -0.2) is 0 Å². The van der Waals surface area contributed by atoms with Crippen LogP contribution in [0.1, 0.15) is 27.0 Å². The standard InChI is InChI=1S/C23H22ClNO3/c1-16-7-9-17(10-8-16)14-25-23(26)18-11-12-21(27-2)19(13-18)15-28-22-6-4-3-5-20(22)24/h3-13H,14-15H2,1-2H3,(H,25,26). The molecule has 1 N–H and O–H groups in total. The molecule has 0 aliphatic heterocycles. The van der Waals surface area contributed by atoms with Gasteiger partial charge in [-0.1, -0.05) is 53.6 Å². The van der Waals surface area contributed by atoms with E-state index in [4.69, 9.17) is 21.1 Å². The Kier molecular flexibility index (Phi) is 6.56. The molecular weight excluding hydrogens is 374 g/mol. The Morgan fingerprint density at radius 3 is 2.46 bits per heavy atom. The number of halogens is 1. The predicted molar refractivity (Wildman–Crippen MR) is 111 cm³/mol. The first kappa shape index (κ1) is 19.8. The fourth-order valence-corrected chi connectivity index (χ4v) is 2.93. The van der Waals surface area contributed by atoms with Crippen LogP contribution in [0.15, 0.2) is 66.7 Å². The quantitative estimate of drug-likeness (QED) is 0.600. The summed E-state index contributed by atoms with van der Waals surface area (Å²) in [5, 5.41) is 3.48. The van der Waals surface area contributed by atoms with E-state index in [0.29, 0.717) is 28.6 Å². The molecule has 0 aromatic heterocycles. The highest BCUT2D eigenvalue weighted by Crippen LogP contribution is 2.26. The van der Waals surface area contributed by atoms with Crippen molar-refractivity contribution in [1.29, 1.82) is 0 Å². The van der Waals surface area contributed by atoms with E-state index in [2.05, 4.69) is 5.32 Å². The predicted octanol–water partition coefficient (Wildman–Crippen LogP) is 5.17. The Bertz CT molecular complexity index is 954. The van der Waals surface area contributed by atoms with E-state index in [0.717, 1.165) is 11.1 Å². The second-order valence-electron chi connectivity index (χ2n) is 6.41. The second kappa shape index (κ2) is 9.29. The van der Waals surface area contributed by atoms with E-state index in [1.54, 1.807) is 37.4 Å². The summed E-state index contributed by atoms with van der Waals surface area (Å²) in [5.41, 5.74) is 3.55. The highest BCUT2D eigenvalue weighted by atomic mass is 35.5. The summed E-state index contributed by atoms with van der Waals surface area (Å²) in [7, 11) is 1.59. The molecule has 0 saturated heterocycles. The van der Waals surface area contributed by atoms with Gasteiger partial charge in [-0.05, 0) is 42.8 Å². The third kappa shape index (κ3) is 5.05. The van der Waals surface area contributed by atoms with E-state index in [9.17, 15) is 4.79 Å². The van der Waals surface area contributed by atoms with Gasteiger partial charge < -0.3 is 14.8 Å². The smallest absolute Gasteiger partial charge is 0.251 e. The van der Waals surface area contributed by atoms with Crippen LogP contribution < -0.4 is 14.8 Å². The summed E-state index contributed by atoms with van der Waals surface area (Å²) < 4.78 is 11.2. The maximum Gasteiger partial charge on any atom is 0.251 e. The lowest BCUT2D eigenvalue weighted by Crippen LogP contribution is -2.23. The summed E-state index contributed by atoms with van der Waals surface area (Å²) >= 11 is 6.13. The maximum absolute atomic E-state index is 12.6. The lowest BCUT2D eigenvalue weighted by atomic mass is 10.1. The zero-order chi connectivity index (χ0) is 19.9. The molecule has 0 spiro atoms. The third-order valence-electron chi connectivity index (χ3n) is 4.34. The monoisotopic (exact) mass is 395 g/mol. The van der Waals surface area contributed by atoms with Crippen molar-refractivity contribution in [3.05, 3.63) is 94.0 Å². The lowest BCUT2D eigenvalue weighted by Gasteiger charge is -2.13. The van der Waals surface area contributed by atoms with Crippen LogP contribution >= 0.6 is 11.6 Å². The molecule has 1 amide bonds. The van der Waals surface area contributed by atoms with Crippen molar-refractivity contribution in [1.82, 2.24) is 5.32 Å². The summed E-state index contributed by atoms with van der Waals surface area (Å²) in [5.74, 6) is 1.09. The van der Waals surface area contributed by atoms with E-state index in [1.165, 1.54) is 5.56 Å². The molecule has 0 atom stereocenters. The number of rotatable bonds is 7. The molecule has 0 bridgehead atoms. The highest BCUT2D eigenvalue weighted by Gasteiger charge is 2.12. The molecule has 3 rings (SSSR count). The second-order valence-corrected chi connectivity index (χ2v) is 6.82. The lowest BCUT2D eigenvalue weighted by molar-refractivity contribution is 0.0950. The topological polar surface area (TPSA) is 47.6 Å². The molecule has 0 radical (unpaired) electrons. The molecule has 144 valence electrons. The van der Waals surface area contributed by atoms with Crippen molar-refractivity contribution in [2.75, 3.05) is 7.11 Å². The fraction of sp³-hybridized carbons (Fsp3) is 0.174. The number of para-hydroxylation sites is 1. The normalized spacial score (nSPS) is 10.4. The number of nitrogens with one attached hydrogen (secondary N) is 1. The van der Waals surface area contributed by atoms with Crippen LogP contribution in [-0.4, -0.2) is 13.0 Å². The molecular formula is C23H22ClNO3. The van der Waals surface area contributed by atoms with Gasteiger partial charge in [-0.3, -0.25) is 4.79 Å². The molecule has 4 nitrogen and oxygen atoms in total. The average Bonchev–Trinajstić information content (AvgIpc) is 2.72. The van der Waals surface area contributed by atoms with Gasteiger partial charge in [0, 0.05) is 17.7 Å². The van der Waals surface area contributed by atoms with Gasteiger partial charge in [-0.15, -0.1) is 0 Å². The van der Waals surface area contributed by atoms with Crippen LogP contribution in [0.3, 0.4) is 0 Å². The summed E-state index contributed by atoms with van der Waals surface area (Å²) in [6, 6.07) is 20.6. The number of benzene rings is 3. The van der Waals surface area contributed by atoms with Crippen LogP contribution in [0.4, 0.5) is 0 Å². The van der Waals surface area contributed by atoms with Crippen LogP contribution in [0, 0.1) is 6.92 Å². The average molecular weight is 396 g/mol. The van der Waals surface area contributed by atoms with Gasteiger partial charge in [0.05, 0.1) is 12.1 Å². The number of carbonyl (C=O) groups excluding carboxylic acids is 1. The molecule has 5 heteroatoms. The minimum Gasteiger partial charge on any atom is -0.496 e. The number of hydrogen-bond donors (Lipinski definition) is 1. The Morgan fingerprint density at radius 2 is 1.75 bits per heavy atom. The van der Waals surface area contributed by atoms with Crippen molar-refractivity contribution in [2.24, 2.45) is 0 Å². The number of aryl methyl sites for hydroxylation is 1. The minimum absolute atomic E-state index is 0.151. The number of carbonyl (C=O) groups is 1. The molecule has 3 aromatic carbocycles. The van der Waals surface area contributed by atoms with Crippen LogP contribution in [-0.2, 0) is 13.2 Å². The molecule has 0 saturated carbocycles. The van der Waals surface area contributed by atoms with Crippen LogP contribution in [0.2, 0.25) is 5.02 Å². The SMILES string of the molecule is COc1ccc(C(=O)NCc2ccc(C)cc2)cc1COc1ccccc1Cl. The maximum atomic E-state index is 12.6. The summed E-state index contributed by atoms with van der Waals surface area (Å²) in [6.07, 6.45) is 0. The van der Waals surface area contributed by atoms with E-state index < -0.39 is 0 Å². The zero-order valence-corrected chi connectivity index (χ0v) is 16.6. The molecule has 3 aromatic rings. The third-order valence-corrected chi connectivity index (χ3v) is 4.65. The highest BCUT2D eigenvalue weighted by molar-refractivity contribution is 6.32. The molecule has 0 fully saturated rings. The van der Waals surface area contributed by atoms with Crippen LogP contribution in [0.5, 0.6) is 11.5 Å². The van der Waals surface area contributed by atoms with Gasteiger partial charge in [0.25, 0.3) is 5.91 Å². The Hall–Kier alpha value is -2.98. The van der Waals surface area contributed by atoms with Gasteiger partial charge in [-0.2, -0.15) is 0 Å². The van der Waals surface area contributed by atoms with Crippen molar-refractivity contribution >= 4 is 17.5 Å². The minimum atomic E-state index is -0.151. The number of hydrogen-bond acceptors (Lipinski definition) is 3. The number of amides is 1. The number of ether oxygens (including phenoxy) is 2. The van der Waals surface area contributed by atoms with Crippen molar-refractivity contribution in [3.63, 3.8) is 0 Å².